The summed E-state index contributed by atoms with van der Waals surface area (Å²) in [5.74, 6) is 0.0682. The third-order valence-electron chi connectivity index (χ3n) is 1.42. The Balaban J connectivity index is 2.85. The van der Waals surface area contributed by atoms with Crippen molar-refractivity contribution in [3.8, 4) is 0 Å². The monoisotopic (exact) mass is 158 g/mol. The van der Waals surface area contributed by atoms with Crippen LogP contribution in [-0.4, -0.2) is 26.1 Å². The maximum Gasteiger partial charge on any atom is 0.185 e. The highest BCUT2D eigenvalue weighted by molar-refractivity contribution is 5.74. The Labute approximate surface area is 68.1 Å². The molecule has 66 valence electrons. The van der Waals surface area contributed by atoms with Crippen molar-refractivity contribution < 1.29 is 0 Å². The van der Waals surface area contributed by atoms with Crippen molar-refractivity contribution in [3.63, 3.8) is 0 Å². The molecule has 0 aromatic rings. The van der Waals surface area contributed by atoms with Gasteiger partial charge in [-0.25, -0.2) is 0 Å². The van der Waals surface area contributed by atoms with Crippen LogP contribution < -0.4 is 16.4 Å². The first-order valence-electron chi connectivity index (χ1n) is 4.00. The quantitative estimate of drug-likeness (QED) is 0.247. The van der Waals surface area contributed by atoms with E-state index >= 15 is 0 Å². The van der Waals surface area contributed by atoms with Gasteiger partial charge in [0.2, 0.25) is 0 Å². The average molecular weight is 158 g/mol. The highest BCUT2D eigenvalue weighted by atomic mass is 15.0. The molecular formula is C7H18N4. The van der Waals surface area contributed by atoms with Crippen molar-refractivity contribution in [3.05, 3.63) is 0 Å². The first-order valence-corrected chi connectivity index (χ1v) is 4.00. The van der Waals surface area contributed by atoms with Crippen molar-refractivity contribution in [1.29, 1.82) is 5.41 Å². The maximum absolute atomic E-state index is 6.87. The minimum Gasteiger partial charge on any atom is -0.370 e. The summed E-state index contributed by atoms with van der Waals surface area (Å²) in [7, 11) is 1.95. The molecule has 0 spiro atoms. The van der Waals surface area contributed by atoms with Gasteiger partial charge < -0.3 is 16.4 Å². The Morgan fingerprint density at radius 2 is 1.91 bits per heavy atom. The molecule has 0 rings (SSSR count). The lowest BCUT2D eigenvalue weighted by molar-refractivity contribution is 0.632. The molecule has 0 aliphatic rings. The zero-order chi connectivity index (χ0) is 8.53. The highest BCUT2D eigenvalue weighted by Gasteiger charge is 1.88. The van der Waals surface area contributed by atoms with Crippen molar-refractivity contribution in [2.24, 2.45) is 5.73 Å². The van der Waals surface area contributed by atoms with Crippen molar-refractivity contribution in [2.45, 2.75) is 19.3 Å². The second-order valence-electron chi connectivity index (χ2n) is 2.50. The van der Waals surface area contributed by atoms with E-state index in [4.69, 9.17) is 11.1 Å². The van der Waals surface area contributed by atoms with Crippen molar-refractivity contribution >= 4 is 5.96 Å². The lowest BCUT2D eigenvalue weighted by Crippen LogP contribution is -2.30. The van der Waals surface area contributed by atoms with Crippen LogP contribution in [0.1, 0.15) is 19.3 Å². The van der Waals surface area contributed by atoms with E-state index in [1.54, 1.807) is 0 Å². The fraction of sp³-hybridized carbons (Fsp3) is 0.857. The topological polar surface area (TPSA) is 73.9 Å². The molecule has 0 aromatic carbocycles. The fourth-order valence-corrected chi connectivity index (χ4v) is 0.827. The van der Waals surface area contributed by atoms with Crippen LogP contribution in [0.3, 0.4) is 0 Å². The van der Waals surface area contributed by atoms with Crippen LogP contribution in [0.2, 0.25) is 0 Å². The minimum absolute atomic E-state index is 0.0682. The van der Waals surface area contributed by atoms with Crippen molar-refractivity contribution in [2.75, 3.05) is 20.1 Å². The van der Waals surface area contributed by atoms with E-state index < -0.39 is 0 Å². The van der Waals surface area contributed by atoms with Crippen LogP contribution in [0.15, 0.2) is 0 Å². The molecule has 0 saturated carbocycles. The number of hydrogen-bond donors (Lipinski definition) is 4. The van der Waals surface area contributed by atoms with Crippen LogP contribution in [0, 0.1) is 5.41 Å². The van der Waals surface area contributed by atoms with E-state index in [1.807, 2.05) is 7.05 Å². The van der Waals surface area contributed by atoms with Gasteiger partial charge in [-0.3, -0.25) is 5.41 Å². The Morgan fingerprint density at radius 3 is 2.45 bits per heavy atom. The van der Waals surface area contributed by atoms with E-state index in [9.17, 15) is 0 Å². The second kappa shape index (κ2) is 7.34. The molecule has 4 heteroatoms. The summed E-state index contributed by atoms with van der Waals surface area (Å²) in [4.78, 5) is 0. The predicted octanol–water partition coefficient (Wildman–Crippen LogP) is -0.141. The Hall–Kier alpha value is -0.770. The van der Waals surface area contributed by atoms with Gasteiger partial charge in [-0.1, -0.05) is 6.42 Å². The molecule has 0 heterocycles. The summed E-state index contributed by atoms with van der Waals surface area (Å²) >= 11 is 0. The van der Waals surface area contributed by atoms with Gasteiger partial charge in [-0.15, -0.1) is 0 Å². The van der Waals surface area contributed by atoms with Crippen LogP contribution in [0.25, 0.3) is 0 Å². The first-order chi connectivity index (χ1) is 5.27. The second-order valence-corrected chi connectivity index (χ2v) is 2.50. The van der Waals surface area contributed by atoms with Crippen LogP contribution in [0.5, 0.6) is 0 Å². The third kappa shape index (κ3) is 9.23. The fourth-order valence-electron chi connectivity index (χ4n) is 0.827. The van der Waals surface area contributed by atoms with Gasteiger partial charge in [-0.2, -0.15) is 0 Å². The summed E-state index contributed by atoms with van der Waals surface area (Å²) in [6.07, 6.45) is 3.46. The van der Waals surface area contributed by atoms with E-state index in [0.717, 1.165) is 19.5 Å². The molecule has 0 aliphatic carbocycles. The SMILES string of the molecule is CNCCCCCNC(=N)N. The van der Waals surface area contributed by atoms with Gasteiger partial charge >= 0.3 is 0 Å². The normalized spacial score (nSPS) is 9.55. The number of nitrogens with two attached hydrogens (primary N) is 1. The molecule has 0 bridgehead atoms. The predicted molar refractivity (Wildman–Crippen MR) is 47.7 cm³/mol. The summed E-state index contributed by atoms with van der Waals surface area (Å²) in [5.41, 5.74) is 5.09. The molecule has 0 amide bonds. The zero-order valence-electron chi connectivity index (χ0n) is 7.11. The standard InChI is InChI=1S/C7H18N4/c1-10-5-3-2-4-6-11-7(8)9/h10H,2-6H2,1H3,(H4,8,9,11). The van der Waals surface area contributed by atoms with Gasteiger partial charge in [0.25, 0.3) is 0 Å². The molecule has 4 nitrogen and oxygen atoms in total. The summed E-state index contributed by atoms with van der Waals surface area (Å²) < 4.78 is 0. The zero-order valence-corrected chi connectivity index (χ0v) is 7.11. The number of guanidine groups is 1. The molecular weight excluding hydrogens is 140 g/mol. The van der Waals surface area contributed by atoms with Gasteiger partial charge in [0, 0.05) is 6.54 Å². The van der Waals surface area contributed by atoms with E-state index in [-0.39, 0.29) is 5.96 Å². The Bertz CT molecular complexity index is 103. The van der Waals surface area contributed by atoms with Gasteiger partial charge in [-0.05, 0) is 26.4 Å². The van der Waals surface area contributed by atoms with E-state index in [1.165, 1.54) is 12.8 Å². The molecule has 0 radical (unpaired) electrons. The maximum atomic E-state index is 6.87. The average Bonchev–Trinajstić information content (AvgIpc) is 1.96. The van der Waals surface area contributed by atoms with Gasteiger partial charge in [0.15, 0.2) is 5.96 Å². The first kappa shape index (κ1) is 10.2. The Morgan fingerprint density at radius 1 is 1.27 bits per heavy atom. The van der Waals surface area contributed by atoms with Crippen LogP contribution >= 0.6 is 0 Å². The van der Waals surface area contributed by atoms with Crippen LogP contribution in [0.4, 0.5) is 0 Å². The number of nitrogens with one attached hydrogen (secondary N) is 3. The van der Waals surface area contributed by atoms with E-state index in [2.05, 4.69) is 10.6 Å². The lowest BCUT2D eigenvalue weighted by atomic mass is 10.2. The molecule has 5 N–H and O–H groups in total. The molecule has 0 aromatic heterocycles. The minimum atomic E-state index is 0.0682. The smallest absolute Gasteiger partial charge is 0.185 e. The molecule has 0 aliphatic heterocycles. The lowest BCUT2D eigenvalue weighted by Gasteiger charge is -2.02. The summed E-state index contributed by atoms with van der Waals surface area (Å²) in [5, 5.41) is 12.7. The number of unbranched alkanes of at least 4 members (excludes halogenated alkanes) is 2. The molecule has 0 saturated heterocycles. The molecule has 0 atom stereocenters. The summed E-state index contributed by atoms with van der Waals surface area (Å²) in [6, 6.07) is 0. The van der Waals surface area contributed by atoms with Crippen molar-refractivity contribution in [1.82, 2.24) is 10.6 Å². The molecule has 0 unspecified atom stereocenters. The molecule has 0 fully saturated rings. The summed E-state index contributed by atoms with van der Waals surface area (Å²) in [6.45, 7) is 1.89. The Kier molecular flexibility index (Phi) is 6.82. The largest absolute Gasteiger partial charge is 0.370 e. The number of hydrogen-bond acceptors (Lipinski definition) is 2. The van der Waals surface area contributed by atoms with Gasteiger partial charge in [0.1, 0.15) is 0 Å². The molecule has 11 heavy (non-hydrogen) atoms. The van der Waals surface area contributed by atoms with Gasteiger partial charge in [0.05, 0.1) is 0 Å². The van der Waals surface area contributed by atoms with Crippen LogP contribution in [-0.2, 0) is 0 Å². The third-order valence-corrected chi connectivity index (χ3v) is 1.42. The number of rotatable bonds is 6. The van der Waals surface area contributed by atoms with E-state index in [0.29, 0.717) is 0 Å². The highest BCUT2D eigenvalue weighted by Crippen LogP contribution is 1.91.